The second-order valence-electron chi connectivity index (χ2n) is 5.81. The van der Waals surface area contributed by atoms with Gasteiger partial charge in [-0.1, -0.05) is 25.7 Å². The van der Waals surface area contributed by atoms with Crippen LogP contribution in [0.25, 0.3) is 0 Å². The molecule has 0 aromatic carbocycles. The summed E-state index contributed by atoms with van der Waals surface area (Å²) in [7, 11) is 0. The van der Waals surface area contributed by atoms with E-state index in [-0.39, 0.29) is 12.0 Å². The molecule has 0 spiro atoms. The number of carbonyl (C=O) groups is 2. The maximum atomic E-state index is 11.9. The minimum absolute atomic E-state index is 0.121. The van der Waals surface area contributed by atoms with Crippen molar-refractivity contribution in [1.29, 1.82) is 0 Å². The molecule has 0 aliphatic heterocycles. The van der Waals surface area contributed by atoms with E-state index < -0.39 is 17.6 Å². The number of rotatable bonds is 5. The van der Waals surface area contributed by atoms with Crippen LogP contribution in [0, 0.1) is 0 Å². The lowest BCUT2D eigenvalue weighted by atomic mass is 10.1. The van der Waals surface area contributed by atoms with Crippen molar-refractivity contribution >= 4 is 11.9 Å². The molecule has 1 fully saturated rings. The highest BCUT2D eigenvalue weighted by Gasteiger charge is 2.31. The fraction of sp³-hybridized carbons (Fsp3) is 0.857. The number of aliphatic carboxylic acids is 1. The summed E-state index contributed by atoms with van der Waals surface area (Å²) in [5.74, 6) is -1.42. The first kappa shape index (κ1) is 16.0. The average molecular weight is 271 g/mol. The van der Waals surface area contributed by atoms with Gasteiger partial charge in [0.05, 0.1) is 6.10 Å². The summed E-state index contributed by atoms with van der Waals surface area (Å²) < 4.78 is 5.75. The van der Waals surface area contributed by atoms with Gasteiger partial charge in [0.25, 0.3) is 0 Å². The molecular weight excluding hydrogens is 246 g/mol. The molecule has 0 saturated heterocycles. The summed E-state index contributed by atoms with van der Waals surface area (Å²) >= 11 is 0. The van der Waals surface area contributed by atoms with Crippen LogP contribution in [-0.2, 0) is 14.3 Å². The zero-order valence-corrected chi connectivity index (χ0v) is 12.1. The third-order valence-electron chi connectivity index (χ3n) is 3.54. The van der Waals surface area contributed by atoms with Crippen molar-refractivity contribution in [2.75, 3.05) is 0 Å². The van der Waals surface area contributed by atoms with E-state index in [2.05, 4.69) is 5.32 Å². The first-order chi connectivity index (χ1) is 8.83. The molecule has 0 heterocycles. The molecule has 1 unspecified atom stereocenters. The maximum absolute atomic E-state index is 11.9. The Morgan fingerprint density at radius 1 is 1.21 bits per heavy atom. The largest absolute Gasteiger partial charge is 0.480 e. The van der Waals surface area contributed by atoms with E-state index in [9.17, 15) is 9.59 Å². The number of ether oxygens (including phenoxy) is 1. The van der Waals surface area contributed by atoms with E-state index in [0.29, 0.717) is 0 Å². The molecule has 1 amide bonds. The summed E-state index contributed by atoms with van der Waals surface area (Å²) in [6, 6.07) is 0. The van der Waals surface area contributed by atoms with Crippen LogP contribution >= 0.6 is 0 Å². The van der Waals surface area contributed by atoms with Crippen LogP contribution in [0.15, 0.2) is 0 Å². The topological polar surface area (TPSA) is 75.6 Å². The van der Waals surface area contributed by atoms with E-state index in [1.807, 2.05) is 0 Å². The fourth-order valence-corrected chi connectivity index (χ4v) is 2.19. The van der Waals surface area contributed by atoms with Crippen LogP contribution in [0.1, 0.15) is 59.3 Å². The molecule has 1 saturated carbocycles. The van der Waals surface area contributed by atoms with Crippen molar-refractivity contribution in [1.82, 2.24) is 5.32 Å². The van der Waals surface area contributed by atoms with Crippen molar-refractivity contribution in [2.24, 2.45) is 0 Å². The Morgan fingerprint density at radius 3 is 2.21 bits per heavy atom. The molecule has 1 aliphatic rings. The fourth-order valence-electron chi connectivity index (χ4n) is 2.19. The second kappa shape index (κ2) is 6.89. The normalized spacial score (nSPS) is 19.5. The summed E-state index contributed by atoms with van der Waals surface area (Å²) in [5, 5.41) is 11.5. The Bertz CT molecular complexity index is 319. The summed E-state index contributed by atoms with van der Waals surface area (Å²) in [6.45, 7) is 4.61. The van der Waals surface area contributed by atoms with Gasteiger partial charge in [-0.25, -0.2) is 4.79 Å². The third-order valence-corrected chi connectivity index (χ3v) is 3.54. The number of hydrogen-bond acceptors (Lipinski definition) is 3. The SMILES string of the molecule is CC(OC1CCCCCC1)C(=O)NC(C)(C)C(=O)O. The highest BCUT2D eigenvalue weighted by Crippen LogP contribution is 2.21. The lowest BCUT2D eigenvalue weighted by Gasteiger charge is -2.25. The standard InChI is InChI=1S/C14H25NO4/c1-10(12(16)15-14(2,3)13(17)18)19-11-8-6-4-5-7-9-11/h10-11H,4-9H2,1-3H3,(H,15,16)(H,17,18). The Labute approximate surface area is 114 Å². The average Bonchev–Trinajstić information content (AvgIpc) is 2.56. The molecule has 0 aromatic rings. The second-order valence-corrected chi connectivity index (χ2v) is 5.81. The van der Waals surface area contributed by atoms with Gasteiger partial charge >= 0.3 is 5.97 Å². The van der Waals surface area contributed by atoms with Gasteiger partial charge < -0.3 is 15.2 Å². The molecule has 110 valence electrons. The molecule has 1 atom stereocenters. The summed E-state index contributed by atoms with van der Waals surface area (Å²) in [6.07, 6.45) is 6.22. The maximum Gasteiger partial charge on any atom is 0.328 e. The van der Waals surface area contributed by atoms with Gasteiger partial charge in [-0.15, -0.1) is 0 Å². The van der Waals surface area contributed by atoms with Crippen LogP contribution < -0.4 is 5.32 Å². The van der Waals surface area contributed by atoms with E-state index in [1.165, 1.54) is 26.7 Å². The molecule has 5 heteroatoms. The predicted octanol–water partition coefficient (Wildman–Crippen LogP) is 2.09. The Hall–Kier alpha value is -1.10. The van der Waals surface area contributed by atoms with Crippen molar-refractivity contribution in [3.05, 3.63) is 0 Å². The number of amides is 1. The lowest BCUT2D eigenvalue weighted by Crippen LogP contribution is -2.53. The van der Waals surface area contributed by atoms with Gasteiger partial charge in [-0.2, -0.15) is 0 Å². The van der Waals surface area contributed by atoms with Gasteiger partial charge in [0, 0.05) is 0 Å². The summed E-state index contributed by atoms with van der Waals surface area (Å²) in [4.78, 5) is 22.9. The number of carboxylic acid groups (broad SMARTS) is 1. The van der Waals surface area contributed by atoms with Crippen molar-refractivity contribution in [3.8, 4) is 0 Å². The van der Waals surface area contributed by atoms with Gasteiger partial charge in [-0.05, 0) is 33.6 Å². The Balaban J connectivity index is 2.45. The number of carbonyl (C=O) groups excluding carboxylic acids is 1. The first-order valence-electron chi connectivity index (χ1n) is 7.04. The zero-order valence-electron chi connectivity index (χ0n) is 12.1. The highest BCUT2D eigenvalue weighted by molar-refractivity contribution is 5.88. The van der Waals surface area contributed by atoms with Crippen LogP contribution in [0.5, 0.6) is 0 Å². The van der Waals surface area contributed by atoms with E-state index in [0.717, 1.165) is 25.7 Å². The monoisotopic (exact) mass is 271 g/mol. The quantitative estimate of drug-likeness (QED) is 0.751. The lowest BCUT2D eigenvalue weighted by molar-refractivity contribution is -0.149. The molecule has 5 nitrogen and oxygen atoms in total. The van der Waals surface area contributed by atoms with Crippen molar-refractivity contribution < 1.29 is 19.4 Å². The van der Waals surface area contributed by atoms with Crippen LogP contribution in [0.4, 0.5) is 0 Å². The van der Waals surface area contributed by atoms with Crippen LogP contribution in [0.2, 0.25) is 0 Å². The van der Waals surface area contributed by atoms with Crippen LogP contribution in [0.3, 0.4) is 0 Å². The Kier molecular flexibility index (Phi) is 5.79. The van der Waals surface area contributed by atoms with E-state index in [4.69, 9.17) is 9.84 Å². The van der Waals surface area contributed by atoms with Crippen LogP contribution in [-0.4, -0.2) is 34.7 Å². The van der Waals surface area contributed by atoms with E-state index in [1.54, 1.807) is 6.92 Å². The van der Waals surface area contributed by atoms with E-state index >= 15 is 0 Å². The van der Waals surface area contributed by atoms with Gasteiger partial charge in [-0.3, -0.25) is 4.79 Å². The Morgan fingerprint density at radius 2 is 1.74 bits per heavy atom. The van der Waals surface area contributed by atoms with Gasteiger partial charge in [0.15, 0.2) is 0 Å². The van der Waals surface area contributed by atoms with Gasteiger partial charge in [0.2, 0.25) is 5.91 Å². The molecule has 0 bridgehead atoms. The minimum Gasteiger partial charge on any atom is -0.480 e. The van der Waals surface area contributed by atoms with Crippen molar-refractivity contribution in [3.63, 3.8) is 0 Å². The molecular formula is C14H25NO4. The molecule has 1 aliphatic carbocycles. The highest BCUT2D eigenvalue weighted by atomic mass is 16.5. The minimum atomic E-state index is -1.27. The number of hydrogen-bond donors (Lipinski definition) is 2. The first-order valence-corrected chi connectivity index (χ1v) is 7.04. The van der Waals surface area contributed by atoms with Crippen molar-refractivity contribution in [2.45, 2.75) is 77.0 Å². The molecule has 19 heavy (non-hydrogen) atoms. The molecule has 2 N–H and O–H groups in total. The smallest absolute Gasteiger partial charge is 0.328 e. The predicted molar refractivity (Wildman–Crippen MR) is 71.9 cm³/mol. The number of carboxylic acids is 1. The zero-order chi connectivity index (χ0) is 14.5. The molecule has 0 aromatic heterocycles. The molecule has 1 rings (SSSR count). The molecule has 0 radical (unpaired) electrons. The van der Waals surface area contributed by atoms with Gasteiger partial charge in [0.1, 0.15) is 11.6 Å². The number of nitrogens with one attached hydrogen (secondary N) is 1. The third kappa shape index (κ3) is 5.19. The summed E-state index contributed by atoms with van der Waals surface area (Å²) in [5.41, 5.74) is -1.27.